The Morgan fingerprint density at radius 1 is 1.35 bits per heavy atom. The van der Waals surface area contributed by atoms with Gasteiger partial charge in [0.25, 0.3) is 0 Å². The van der Waals surface area contributed by atoms with Gasteiger partial charge in [0, 0.05) is 23.5 Å². The molecule has 1 aromatic heterocycles. The van der Waals surface area contributed by atoms with E-state index in [1.54, 1.807) is 30.6 Å². The molecule has 0 fully saturated rings. The van der Waals surface area contributed by atoms with E-state index in [0.29, 0.717) is 17.9 Å². The summed E-state index contributed by atoms with van der Waals surface area (Å²) < 4.78 is 6.39. The molecule has 0 aliphatic carbocycles. The number of aldehydes is 1. The van der Waals surface area contributed by atoms with Gasteiger partial charge >= 0.3 is 0 Å². The van der Waals surface area contributed by atoms with Gasteiger partial charge in [-0.1, -0.05) is 6.07 Å². The molecule has 1 aromatic carbocycles. The molecular weight excluding hydrogens is 282 g/mol. The Labute approximate surface area is 108 Å². The Morgan fingerprint density at radius 2 is 2.24 bits per heavy atom. The van der Waals surface area contributed by atoms with Crippen molar-refractivity contribution >= 4 is 22.2 Å². The zero-order valence-electron chi connectivity index (χ0n) is 8.97. The van der Waals surface area contributed by atoms with Crippen molar-refractivity contribution in [1.29, 1.82) is 0 Å². The second-order valence-electron chi connectivity index (χ2n) is 3.46. The first-order valence-electron chi connectivity index (χ1n) is 5.06. The minimum atomic E-state index is 0.451. The topological polar surface area (TPSA) is 39.2 Å². The summed E-state index contributed by atoms with van der Waals surface area (Å²) in [6.45, 7) is 0.451. The average Bonchev–Trinajstić information content (AvgIpc) is 2.38. The fraction of sp³-hybridized carbons (Fsp3) is 0.0769. The molecular formula is C13H10BrNO2. The first-order chi connectivity index (χ1) is 8.29. The summed E-state index contributed by atoms with van der Waals surface area (Å²) in [5.74, 6) is 0.708. The van der Waals surface area contributed by atoms with Crippen LogP contribution in [0, 0.1) is 0 Å². The van der Waals surface area contributed by atoms with Crippen LogP contribution in [0.1, 0.15) is 15.9 Å². The zero-order chi connectivity index (χ0) is 12.1. The van der Waals surface area contributed by atoms with E-state index in [0.717, 1.165) is 16.3 Å². The summed E-state index contributed by atoms with van der Waals surface area (Å²) in [6.07, 6.45) is 4.28. The molecule has 1 heterocycles. The number of hydrogen-bond acceptors (Lipinski definition) is 3. The number of carbonyl (C=O) groups is 1. The molecule has 0 aliphatic rings. The summed E-state index contributed by atoms with van der Waals surface area (Å²) in [5, 5.41) is 0. The van der Waals surface area contributed by atoms with Gasteiger partial charge in [-0.05, 0) is 40.2 Å². The van der Waals surface area contributed by atoms with Gasteiger partial charge in [-0.2, -0.15) is 0 Å². The number of rotatable bonds is 4. The molecule has 0 aliphatic heterocycles. The van der Waals surface area contributed by atoms with Crippen LogP contribution in [0.5, 0.6) is 5.75 Å². The van der Waals surface area contributed by atoms with E-state index in [-0.39, 0.29) is 0 Å². The number of pyridine rings is 1. The smallest absolute Gasteiger partial charge is 0.150 e. The van der Waals surface area contributed by atoms with Crippen molar-refractivity contribution in [3.8, 4) is 5.75 Å². The summed E-state index contributed by atoms with van der Waals surface area (Å²) >= 11 is 3.36. The number of ether oxygens (including phenoxy) is 1. The average molecular weight is 292 g/mol. The minimum absolute atomic E-state index is 0.451. The molecule has 0 saturated heterocycles. The lowest BCUT2D eigenvalue weighted by molar-refractivity contribution is 0.112. The minimum Gasteiger partial charge on any atom is -0.488 e. The molecule has 0 radical (unpaired) electrons. The van der Waals surface area contributed by atoms with Crippen molar-refractivity contribution in [3.05, 3.63) is 58.3 Å². The normalized spacial score (nSPS) is 9.94. The molecule has 17 heavy (non-hydrogen) atoms. The highest BCUT2D eigenvalue weighted by molar-refractivity contribution is 9.10. The highest BCUT2D eigenvalue weighted by atomic mass is 79.9. The molecule has 86 valence electrons. The van der Waals surface area contributed by atoms with Crippen LogP contribution in [0.15, 0.2) is 47.2 Å². The quantitative estimate of drug-likeness (QED) is 0.812. The van der Waals surface area contributed by atoms with Crippen LogP contribution in [0.2, 0.25) is 0 Å². The number of halogens is 1. The van der Waals surface area contributed by atoms with Gasteiger partial charge < -0.3 is 4.74 Å². The SMILES string of the molecule is O=Cc1ccc(OCc2cccnc2)c(Br)c1. The molecule has 0 N–H and O–H groups in total. The van der Waals surface area contributed by atoms with E-state index >= 15 is 0 Å². The third-order valence-electron chi connectivity index (χ3n) is 2.21. The van der Waals surface area contributed by atoms with Crippen LogP contribution in [0.4, 0.5) is 0 Å². The lowest BCUT2D eigenvalue weighted by atomic mass is 10.2. The number of benzene rings is 1. The number of aromatic nitrogens is 1. The third kappa shape index (κ3) is 3.14. The highest BCUT2D eigenvalue weighted by Gasteiger charge is 2.02. The summed E-state index contributed by atoms with van der Waals surface area (Å²) in [7, 11) is 0. The molecule has 0 unspecified atom stereocenters. The van der Waals surface area contributed by atoms with Crippen molar-refractivity contribution in [2.75, 3.05) is 0 Å². The summed E-state index contributed by atoms with van der Waals surface area (Å²) in [5.41, 5.74) is 1.62. The van der Waals surface area contributed by atoms with Crippen molar-refractivity contribution in [2.24, 2.45) is 0 Å². The van der Waals surface area contributed by atoms with Crippen LogP contribution in [0.25, 0.3) is 0 Å². The van der Waals surface area contributed by atoms with E-state index in [9.17, 15) is 4.79 Å². The van der Waals surface area contributed by atoms with E-state index in [1.165, 1.54) is 0 Å². The Morgan fingerprint density at radius 3 is 2.88 bits per heavy atom. The number of hydrogen-bond donors (Lipinski definition) is 0. The lowest BCUT2D eigenvalue weighted by Gasteiger charge is -2.08. The Bertz CT molecular complexity index is 514. The first kappa shape index (κ1) is 11.8. The van der Waals surface area contributed by atoms with E-state index in [2.05, 4.69) is 20.9 Å². The van der Waals surface area contributed by atoms with Gasteiger partial charge in [-0.3, -0.25) is 9.78 Å². The monoisotopic (exact) mass is 291 g/mol. The molecule has 0 bridgehead atoms. The zero-order valence-corrected chi connectivity index (χ0v) is 10.6. The Hall–Kier alpha value is -1.68. The van der Waals surface area contributed by atoms with Crippen molar-refractivity contribution in [1.82, 2.24) is 4.98 Å². The van der Waals surface area contributed by atoms with Crippen molar-refractivity contribution < 1.29 is 9.53 Å². The van der Waals surface area contributed by atoms with Crippen LogP contribution in [0.3, 0.4) is 0 Å². The predicted molar refractivity (Wildman–Crippen MR) is 68.1 cm³/mol. The van der Waals surface area contributed by atoms with E-state index in [4.69, 9.17) is 4.74 Å². The summed E-state index contributed by atoms with van der Waals surface area (Å²) in [6, 6.07) is 9.02. The second-order valence-corrected chi connectivity index (χ2v) is 4.31. The molecule has 0 atom stereocenters. The largest absolute Gasteiger partial charge is 0.488 e. The molecule has 4 heteroatoms. The van der Waals surface area contributed by atoms with Crippen molar-refractivity contribution in [2.45, 2.75) is 6.61 Å². The maximum Gasteiger partial charge on any atom is 0.150 e. The van der Waals surface area contributed by atoms with Gasteiger partial charge in [0.05, 0.1) is 4.47 Å². The molecule has 0 spiro atoms. The molecule has 2 aromatic rings. The van der Waals surface area contributed by atoms with Gasteiger partial charge in [0.2, 0.25) is 0 Å². The van der Waals surface area contributed by atoms with Crippen LogP contribution in [-0.4, -0.2) is 11.3 Å². The number of carbonyl (C=O) groups excluding carboxylic acids is 1. The fourth-order valence-corrected chi connectivity index (χ4v) is 1.86. The second kappa shape index (κ2) is 5.59. The van der Waals surface area contributed by atoms with Crippen molar-refractivity contribution in [3.63, 3.8) is 0 Å². The third-order valence-corrected chi connectivity index (χ3v) is 2.83. The lowest BCUT2D eigenvalue weighted by Crippen LogP contribution is -1.96. The first-order valence-corrected chi connectivity index (χ1v) is 5.85. The van der Waals surface area contributed by atoms with Crippen LogP contribution < -0.4 is 4.74 Å². The maximum absolute atomic E-state index is 10.6. The summed E-state index contributed by atoms with van der Waals surface area (Å²) in [4.78, 5) is 14.6. The van der Waals surface area contributed by atoms with E-state index in [1.807, 2.05) is 12.1 Å². The Kier molecular flexibility index (Phi) is 3.88. The predicted octanol–water partition coefficient (Wildman–Crippen LogP) is 3.24. The van der Waals surface area contributed by atoms with Crippen LogP contribution in [-0.2, 0) is 6.61 Å². The van der Waals surface area contributed by atoms with E-state index < -0.39 is 0 Å². The number of nitrogens with zero attached hydrogens (tertiary/aromatic N) is 1. The molecule has 0 amide bonds. The van der Waals surface area contributed by atoms with Gasteiger partial charge in [-0.25, -0.2) is 0 Å². The molecule has 0 saturated carbocycles. The van der Waals surface area contributed by atoms with Gasteiger partial charge in [0.1, 0.15) is 18.6 Å². The maximum atomic E-state index is 10.6. The van der Waals surface area contributed by atoms with Gasteiger partial charge in [-0.15, -0.1) is 0 Å². The van der Waals surface area contributed by atoms with Gasteiger partial charge in [0.15, 0.2) is 0 Å². The molecule has 3 nitrogen and oxygen atoms in total. The highest BCUT2D eigenvalue weighted by Crippen LogP contribution is 2.26. The van der Waals surface area contributed by atoms with Crippen LogP contribution >= 0.6 is 15.9 Å². The standard InChI is InChI=1S/C13H10BrNO2/c14-12-6-10(8-16)3-4-13(12)17-9-11-2-1-5-15-7-11/h1-8H,9H2. The Balaban J connectivity index is 2.07. The molecule has 2 rings (SSSR count). The fourth-order valence-electron chi connectivity index (χ4n) is 1.35.